The van der Waals surface area contributed by atoms with Gasteiger partial charge >= 0.3 is 0 Å². The zero-order valence-electron chi connectivity index (χ0n) is 11.5. The predicted molar refractivity (Wildman–Crippen MR) is 78.5 cm³/mol. The summed E-state index contributed by atoms with van der Waals surface area (Å²) in [5, 5.41) is 0.619. The van der Waals surface area contributed by atoms with E-state index in [4.69, 9.17) is 16.3 Å². The molecule has 0 bridgehead atoms. The minimum Gasteiger partial charge on any atom is -0.384 e. The number of hydrogen-bond donors (Lipinski definition) is 0. The summed E-state index contributed by atoms with van der Waals surface area (Å²) in [5.41, 5.74) is 0.989. The molecular weight excluding hydrogens is 300 g/mol. The van der Waals surface area contributed by atoms with Gasteiger partial charge in [-0.25, -0.2) is 12.7 Å². The lowest BCUT2D eigenvalue weighted by Gasteiger charge is -2.30. The van der Waals surface area contributed by atoms with Crippen molar-refractivity contribution in [1.29, 1.82) is 0 Å². The van der Waals surface area contributed by atoms with Gasteiger partial charge in [0.05, 0.1) is 17.4 Å². The van der Waals surface area contributed by atoms with E-state index < -0.39 is 10.0 Å². The van der Waals surface area contributed by atoms with Crippen molar-refractivity contribution < 1.29 is 13.2 Å². The third-order valence-electron chi connectivity index (χ3n) is 3.56. The highest BCUT2D eigenvalue weighted by Gasteiger charge is 2.28. The Morgan fingerprint density at radius 2 is 2.10 bits per heavy atom. The van der Waals surface area contributed by atoms with Gasteiger partial charge in [-0.15, -0.1) is 0 Å². The van der Waals surface area contributed by atoms with Crippen LogP contribution in [0.15, 0.2) is 18.3 Å². The van der Waals surface area contributed by atoms with Gasteiger partial charge in [0.15, 0.2) is 0 Å². The van der Waals surface area contributed by atoms with Crippen LogP contribution in [-0.4, -0.2) is 50.3 Å². The first-order valence-electron chi connectivity index (χ1n) is 6.61. The number of nitrogens with zero attached hydrogens (tertiary/aromatic N) is 2. The van der Waals surface area contributed by atoms with Crippen molar-refractivity contribution in [2.24, 2.45) is 0 Å². The number of hydrogen-bond acceptors (Lipinski definition) is 4. The number of pyridine rings is 1. The Morgan fingerprint density at radius 1 is 1.40 bits per heavy atom. The van der Waals surface area contributed by atoms with E-state index in [1.165, 1.54) is 7.11 Å². The number of piperidine rings is 1. The summed E-state index contributed by atoms with van der Waals surface area (Å²) in [6, 6.07) is 3.74. The molecule has 0 unspecified atom stereocenters. The van der Waals surface area contributed by atoms with Crippen molar-refractivity contribution in [2.45, 2.75) is 18.8 Å². The average molecular weight is 319 g/mol. The second kappa shape index (κ2) is 6.85. The van der Waals surface area contributed by atoms with Crippen molar-refractivity contribution in [2.75, 3.05) is 32.6 Å². The van der Waals surface area contributed by atoms with Crippen molar-refractivity contribution in [3.05, 3.63) is 29.0 Å². The quantitative estimate of drug-likeness (QED) is 0.832. The summed E-state index contributed by atoms with van der Waals surface area (Å²) in [6.45, 7) is 1.32. The molecule has 2 rings (SSSR count). The summed E-state index contributed by atoms with van der Waals surface area (Å²) in [7, 11) is -1.68. The van der Waals surface area contributed by atoms with Crippen LogP contribution in [0, 0.1) is 0 Å². The number of sulfonamides is 1. The van der Waals surface area contributed by atoms with Crippen LogP contribution < -0.4 is 0 Å². The maximum Gasteiger partial charge on any atom is 0.216 e. The van der Waals surface area contributed by atoms with E-state index in [-0.39, 0.29) is 12.4 Å². The highest BCUT2D eigenvalue weighted by Crippen LogP contribution is 2.28. The molecule has 112 valence electrons. The highest BCUT2D eigenvalue weighted by atomic mass is 35.5. The lowest BCUT2D eigenvalue weighted by atomic mass is 9.94. The largest absolute Gasteiger partial charge is 0.384 e. The minimum absolute atomic E-state index is 0.0490. The zero-order chi connectivity index (χ0) is 14.6. The van der Waals surface area contributed by atoms with Crippen molar-refractivity contribution in [3.63, 3.8) is 0 Å². The van der Waals surface area contributed by atoms with Gasteiger partial charge < -0.3 is 4.74 Å². The predicted octanol–water partition coefficient (Wildman–Crippen LogP) is 1.89. The number of aromatic nitrogens is 1. The highest BCUT2D eigenvalue weighted by molar-refractivity contribution is 7.89. The van der Waals surface area contributed by atoms with Gasteiger partial charge in [0.2, 0.25) is 10.0 Å². The Labute approximate surface area is 125 Å². The van der Waals surface area contributed by atoms with Gasteiger partial charge in [0, 0.05) is 38.0 Å². The molecule has 1 aromatic heterocycles. The molecule has 1 aliphatic heterocycles. The van der Waals surface area contributed by atoms with Crippen LogP contribution in [0.5, 0.6) is 0 Å². The fourth-order valence-corrected chi connectivity index (χ4v) is 3.89. The maximum atomic E-state index is 12.0. The van der Waals surface area contributed by atoms with E-state index in [9.17, 15) is 8.42 Å². The van der Waals surface area contributed by atoms with E-state index in [1.807, 2.05) is 12.1 Å². The van der Waals surface area contributed by atoms with Crippen LogP contribution in [0.2, 0.25) is 5.02 Å². The molecule has 1 fully saturated rings. The first-order valence-corrected chi connectivity index (χ1v) is 8.60. The number of ether oxygens (including phenoxy) is 1. The van der Waals surface area contributed by atoms with Crippen LogP contribution in [0.4, 0.5) is 0 Å². The van der Waals surface area contributed by atoms with Gasteiger partial charge in [0.1, 0.15) is 0 Å². The van der Waals surface area contributed by atoms with Gasteiger partial charge in [-0.05, 0) is 25.0 Å². The molecule has 1 saturated heterocycles. The summed E-state index contributed by atoms with van der Waals surface area (Å²) >= 11 is 5.82. The number of halogens is 1. The topological polar surface area (TPSA) is 59.5 Å². The van der Waals surface area contributed by atoms with E-state index in [0.29, 0.717) is 24.0 Å². The molecule has 7 heteroatoms. The fraction of sp³-hybridized carbons (Fsp3) is 0.615. The van der Waals surface area contributed by atoms with Crippen molar-refractivity contribution in [1.82, 2.24) is 9.29 Å². The summed E-state index contributed by atoms with van der Waals surface area (Å²) in [5.74, 6) is 0.356. The summed E-state index contributed by atoms with van der Waals surface area (Å²) in [4.78, 5) is 4.32. The Kier molecular flexibility index (Phi) is 5.37. The molecule has 0 amide bonds. The van der Waals surface area contributed by atoms with Crippen molar-refractivity contribution in [3.8, 4) is 0 Å². The summed E-state index contributed by atoms with van der Waals surface area (Å²) in [6.07, 6.45) is 3.22. The van der Waals surface area contributed by atoms with E-state index in [0.717, 1.165) is 18.5 Å². The SMILES string of the molecule is COCCS(=O)(=O)N1CCC(c2ccc(Cl)cn2)CC1. The minimum atomic E-state index is -3.19. The monoisotopic (exact) mass is 318 g/mol. The third kappa shape index (κ3) is 3.91. The molecule has 1 aliphatic rings. The normalized spacial score (nSPS) is 18.3. The second-order valence-corrected chi connectivity index (χ2v) is 7.41. The van der Waals surface area contributed by atoms with Gasteiger partial charge in [-0.1, -0.05) is 11.6 Å². The second-order valence-electron chi connectivity index (χ2n) is 4.88. The molecule has 0 spiro atoms. The number of rotatable bonds is 5. The van der Waals surface area contributed by atoms with Crippen LogP contribution in [0.1, 0.15) is 24.5 Å². The average Bonchev–Trinajstić information content (AvgIpc) is 2.46. The van der Waals surface area contributed by atoms with E-state index in [1.54, 1.807) is 10.5 Å². The first-order chi connectivity index (χ1) is 9.53. The molecule has 20 heavy (non-hydrogen) atoms. The molecule has 2 heterocycles. The van der Waals surface area contributed by atoms with E-state index in [2.05, 4.69) is 4.98 Å². The fourth-order valence-electron chi connectivity index (χ4n) is 2.38. The first kappa shape index (κ1) is 15.7. The van der Waals surface area contributed by atoms with Gasteiger partial charge in [0.25, 0.3) is 0 Å². The van der Waals surface area contributed by atoms with Crippen LogP contribution in [-0.2, 0) is 14.8 Å². The molecule has 0 radical (unpaired) electrons. The van der Waals surface area contributed by atoms with Crippen LogP contribution >= 0.6 is 11.6 Å². The third-order valence-corrected chi connectivity index (χ3v) is 5.62. The lowest BCUT2D eigenvalue weighted by molar-refractivity contribution is 0.214. The molecule has 5 nitrogen and oxygen atoms in total. The standard InChI is InChI=1S/C13H19ClN2O3S/c1-19-8-9-20(17,18)16-6-4-11(5-7-16)13-3-2-12(14)10-15-13/h2-3,10-11H,4-9H2,1H3. The lowest BCUT2D eigenvalue weighted by Crippen LogP contribution is -2.40. The van der Waals surface area contributed by atoms with Crippen LogP contribution in [0.3, 0.4) is 0 Å². The smallest absolute Gasteiger partial charge is 0.216 e. The molecule has 0 saturated carbocycles. The number of methoxy groups -OCH3 is 1. The maximum absolute atomic E-state index is 12.0. The molecule has 1 aromatic rings. The van der Waals surface area contributed by atoms with Gasteiger partial charge in [-0.2, -0.15) is 0 Å². The summed E-state index contributed by atoms with van der Waals surface area (Å²) < 4.78 is 30.5. The Bertz CT molecular complexity index is 525. The Hall–Kier alpha value is -0.690. The molecule has 0 atom stereocenters. The Balaban J connectivity index is 1.93. The molecular formula is C13H19ClN2O3S. The van der Waals surface area contributed by atoms with E-state index >= 15 is 0 Å². The van der Waals surface area contributed by atoms with Gasteiger partial charge in [-0.3, -0.25) is 4.98 Å². The molecule has 0 N–H and O–H groups in total. The molecule has 0 aliphatic carbocycles. The van der Waals surface area contributed by atoms with Crippen molar-refractivity contribution >= 4 is 21.6 Å². The zero-order valence-corrected chi connectivity index (χ0v) is 13.0. The van der Waals surface area contributed by atoms with Crippen LogP contribution in [0.25, 0.3) is 0 Å². The molecule has 0 aromatic carbocycles. The Morgan fingerprint density at radius 3 is 2.65 bits per heavy atom.